The van der Waals surface area contributed by atoms with Gasteiger partial charge >= 0.3 is 0 Å². The second-order valence-corrected chi connectivity index (χ2v) is 3.34. The van der Waals surface area contributed by atoms with E-state index < -0.39 is 17.2 Å². The van der Waals surface area contributed by atoms with Gasteiger partial charge in [0, 0.05) is 5.56 Å². The molecule has 1 nitrogen and oxygen atoms in total. The second-order valence-electron chi connectivity index (χ2n) is 2.90. The van der Waals surface area contributed by atoms with E-state index in [1.807, 2.05) is 0 Å². The highest BCUT2D eigenvalue weighted by atomic mass is 32.1. The molecular formula is C11H10F2OS. The third-order valence-corrected chi connectivity index (χ3v) is 2.13. The number of thiol groups is 1. The van der Waals surface area contributed by atoms with Gasteiger partial charge in [-0.05, 0) is 24.3 Å². The largest absolute Gasteiger partial charge is 0.298 e. The maximum absolute atomic E-state index is 13.4. The summed E-state index contributed by atoms with van der Waals surface area (Å²) in [7, 11) is 0. The molecule has 0 N–H and O–H groups in total. The summed E-state index contributed by atoms with van der Waals surface area (Å²) in [6, 6.07) is 2.37. The number of hydrogen-bond acceptors (Lipinski definition) is 2. The molecule has 1 aromatic carbocycles. The maximum Gasteiger partial charge on any atom is 0.155 e. The average molecular weight is 228 g/mol. The van der Waals surface area contributed by atoms with Gasteiger partial charge in [-0.3, -0.25) is 4.79 Å². The Morgan fingerprint density at radius 3 is 2.67 bits per heavy atom. The fourth-order valence-electron chi connectivity index (χ4n) is 1.11. The van der Waals surface area contributed by atoms with E-state index in [4.69, 9.17) is 0 Å². The molecule has 4 heteroatoms. The number of rotatable bonds is 4. The Bertz CT molecular complexity index is 388. The average Bonchev–Trinajstić information content (AvgIpc) is 2.22. The normalized spacial score (nSPS) is 10.9. The lowest BCUT2D eigenvalue weighted by atomic mass is 10.1. The minimum atomic E-state index is -0.839. The fraction of sp³-hybridized carbons (Fsp3) is 0.182. The molecule has 0 aliphatic heterocycles. The van der Waals surface area contributed by atoms with Crippen LogP contribution in [0.3, 0.4) is 0 Å². The molecule has 0 heterocycles. The van der Waals surface area contributed by atoms with Crippen molar-refractivity contribution < 1.29 is 13.6 Å². The lowest BCUT2D eigenvalue weighted by molar-refractivity contribution is 0.111. The van der Waals surface area contributed by atoms with Crippen molar-refractivity contribution in [1.29, 1.82) is 0 Å². The zero-order chi connectivity index (χ0) is 11.3. The molecule has 1 aromatic rings. The molecule has 0 aromatic heterocycles. The Labute approximate surface area is 92.2 Å². The molecule has 0 fully saturated rings. The van der Waals surface area contributed by atoms with Crippen LogP contribution in [0.2, 0.25) is 0 Å². The summed E-state index contributed by atoms with van der Waals surface area (Å²) < 4.78 is 26.3. The quantitative estimate of drug-likeness (QED) is 0.619. The first-order valence-corrected chi connectivity index (χ1v) is 5.04. The minimum Gasteiger partial charge on any atom is -0.298 e. The molecule has 15 heavy (non-hydrogen) atoms. The molecule has 0 bridgehead atoms. The summed E-state index contributed by atoms with van der Waals surface area (Å²) >= 11 is 3.99. The van der Waals surface area contributed by atoms with Crippen molar-refractivity contribution in [2.75, 3.05) is 5.75 Å². The van der Waals surface area contributed by atoms with Gasteiger partial charge in [-0.1, -0.05) is 12.2 Å². The Morgan fingerprint density at radius 1 is 1.33 bits per heavy atom. The smallest absolute Gasteiger partial charge is 0.155 e. The van der Waals surface area contributed by atoms with Crippen molar-refractivity contribution in [2.24, 2.45) is 0 Å². The van der Waals surface area contributed by atoms with Crippen LogP contribution in [0.5, 0.6) is 0 Å². The van der Waals surface area contributed by atoms with E-state index in [1.165, 1.54) is 12.1 Å². The SMILES string of the molecule is O=Cc1c(F)ccc(C=CCCS)c1F. The molecule has 0 radical (unpaired) electrons. The summed E-state index contributed by atoms with van der Waals surface area (Å²) in [6.07, 6.45) is 4.10. The number of aldehydes is 1. The fourth-order valence-corrected chi connectivity index (χ4v) is 1.26. The van der Waals surface area contributed by atoms with Gasteiger partial charge in [0.05, 0.1) is 5.56 Å². The molecule has 0 saturated heterocycles. The van der Waals surface area contributed by atoms with Crippen LogP contribution in [-0.4, -0.2) is 12.0 Å². The molecule has 0 unspecified atom stereocenters. The Morgan fingerprint density at radius 2 is 2.07 bits per heavy atom. The van der Waals surface area contributed by atoms with E-state index in [2.05, 4.69) is 12.6 Å². The van der Waals surface area contributed by atoms with Crippen LogP contribution in [0.1, 0.15) is 22.3 Å². The lowest BCUT2D eigenvalue weighted by Gasteiger charge is -2.00. The van der Waals surface area contributed by atoms with Gasteiger partial charge in [-0.2, -0.15) is 12.6 Å². The van der Waals surface area contributed by atoms with Crippen molar-refractivity contribution in [3.05, 3.63) is 41.0 Å². The monoisotopic (exact) mass is 228 g/mol. The van der Waals surface area contributed by atoms with Gasteiger partial charge in [0.1, 0.15) is 11.6 Å². The van der Waals surface area contributed by atoms with Gasteiger partial charge in [-0.25, -0.2) is 8.78 Å². The number of carbonyl (C=O) groups excluding carboxylic acids is 1. The molecule has 0 spiro atoms. The number of benzene rings is 1. The van der Waals surface area contributed by atoms with Crippen LogP contribution in [0.4, 0.5) is 8.78 Å². The summed E-state index contributed by atoms with van der Waals surface area (Å²) in [6.45, 7) is 0. The Balaban J connectivity index is 3.05. The van der Waals surface area contributed by atoms with Crippen LogP contribution in [0.15, 0.2) is 18.2 Å². The zero-order valence-corrected chi connectivity index (χ0v) is 8.81. The number of halogens is 2. The molecule has 0 aliphatic rings. The van der Waals surface area contributed by atoms with Gasteiger partial charge < -0.3 is 0 Å². The van der Waals surface area contributed by atoms with Crippen molar-refractivity contribution in [3.63, 3.8) is 0 Å². The molecular weight excluding hydrogens is 218 g/mol. The van der Waals surface area contributed by atoms with Crippen LogP contribution in [0.25, 0.3) is 6.08 Å². The number of hydrogen-bond donors (Lipinski definition) is 1. The summed E-state index contributed by atoms with van der Waals surface area (Å²) in [5.74, 6) is -1.01. The lowest BCUT2D eigenvalue weighted by Crippen LogP contribution is -1.96. The molecule has 0 atom stereocenters. The van der Waals surface area contributed by atoms with E-state index in [9.17, 15) is 13.6 Å². The van der Waals surface area contributed by atoms with Gasteiger partial charge in [0.25, 0.3) is 0 Å². The molecule has 1 rings (SSSR count). The predicted octanol–water partition coefficient (Wildman–Crippen LogP) is 3.11. The zero-order valence-electron chi connectivity index (χ0n) is 7.91. The van der Waals surface area contributed by atoms with Crippen molar-refractivity contribution in [1.82, 2.24) is 0 Å². The van der Waals surface area contributed by atoms with Crippen LogP contribution >= 0.6 is 12.6 Å². The topological polar surface area (TPSA) is 17.1 Å². The minimum absolute atomic E-state index is 0.181. The van der Waals surface area contributed by atoms with Gasteiger partial charge in [0.15, 0.2) is 6.29 Å². The third-order valence-electron chi connectivity index (χ3n) is 1.87. The van der Waals surface area contributed by atoms with Crippen molar-refractivity contribution >= 4 is 25.0 Å². The third kappa shape index (κ3) is 2.89. The Kier molecular flexibility index (Phi) is 4.49. The first-order valence-electron chi connectivity index (χ1n) is 4.41. The summed E-state index contributed by atoms with van der Waals surface area (Å²) in [4.78, 5) is 10.4. The van der Waals surface area contributed by atoms with Crippen LogP contribution < -0.4 is 0 Å². The highest BCUT2D eigenvalue weighted by molar-refractivity contribution is 7.80. The van der Waals surface area contributed by atoms with Crippen molar-refractivity contribution in [2.45, 2.75) is 6.42 Å². The molecule has 0 saturated carbocycles. The van der Waals surface area contributed by atoms with Gasteiger partial charge in [-0.15, -0.1) is 0 Å². The highest BCUT2D eigenvalue weighted by Gasteiger charge is 2.10. The van der Waals surface area contributed by atoms with Gasteiger partial charge in [0.2, 0.25) is 0 Å². The van der Waals surface area contributed by atoms with E-state index in [1.54, 1.807) is 6.08 Å². The summed E-state index contributed by atoms with van der Waals surface area (Å²) in [5, 5.41) is 0. The number of allylic oxidation sites excluding steroid dienone is 1. The molecule has 0 aliphatic carbocycles. The number of carbonyl (C=O) groups is 1. The van der Waals surface area contributed by atoms with E-state index >= 15 is 0 Å². The molecule has 0 amide bonds. The van der Waals surface area contributed by atoms with Crippen LogP contribution in [-0.2, 0) is 0 Å². The molecule has 80 valence electrons. The second kappa shape index (κ2) is 5.66. The van der Waals surface area contributed by atoms with E-state index in [0.29, 0.717) is 12.2 Å². The highest BCUT2D eigenvalue weighted by Crippen LogP contribution is 2.16. The Hall–Kier alpha value is -1.16. The van der Waals surface area contributed by atoms with E-state index in [-0.39, 0.29) is 11.8 Å². The maximum atomic E-state index is 13.4. The van der Waals surface area contributed by atoms with Crippen LogP contribution in [0, 0.1) is 11.6 Å². The summed E-state index contributed by atoms with van der Waals surface area (Å²) in [5.41, 5.74) is -0.316. The first-order chi connectivity index (χ1) is 7.20. The predicted molar refractivity (Wildman–Crippen MR) is 59.2 cm³/mol. The van der Waals surface area contributed by atoms with Crippen molar-refractivity contribution in [3.8, 4) is 0 Å². The first kappa shape index (κ1) is 11.9. The standard InChI is InChI=1S/C11H10F2OS/c12-10-5-4-8(3-1-2-6-15)11(13)9(10)7-14/h1,3-5,7,15H,2,6H2. The van der Waals surface area contributed by atoms with E-state index in [0.717, 1.165) is 6.07 Å².